The summed E-state index contributed by atoms with van der Waals surface area (Å²) >= 11 is 0. The summed E-state index contributed by atoms with van der Waals surface area (Å²) in [4.78, 5) is 12.2. The Kier molecular flexibility index (Phi) is 5.93. The number of nitrogens with zero attached hydrogens (tertiary/aromatic N) is 1. The molecule has 1 unspecified atom stereocenters. The Morgan fingerprint density at radius 1 is 0.860 bits per heavy atom. The predicted molar refractivity (Wildman–Crippen MR) is 167 cm³/mol. The highest BCUT2D eigenvalue weighted by atomic mass is 16.5. The van der Waals surface area contributed by atoms with Crippen molar-refractivity contribution in [1.29, 1.82) is 5.26 Å². The SMILES string of the molecule is COC(=O)c1ccc(C2(c3ccc(OC)cc3)C=Cc3c4c(c5ccccc5c3O2)-c2ccc(C#N)cc2C4(C)C)cc1. The molecule has 43 heavy (non-hydrogen) atoms. The summed E-state index contributed by atoms with van der Waals surface area (Å²) in [6.45, 7) is 4.44. The van der Waals surface area contributed by atoms with Crippen molar-refractivity contribution >= 4 is 22.8 Å². The Morgan fingerprint density at radius 3 is 2.19 bits per heavy atom. The van der Waals surface area contributed by atoms with Crippen molar-refractivity contribution in [3.05, 3.63) is 136 Å². The van der Waals surface area contributed by atoms with Crippen LogP contribution in [-0.4, -0.2) is 20.2 Å². The molecule has 0 amide bonds. The van der Waals surface area contributed by atoms with Gasteiger partial charge in [-0.1, -0.05) is 74.5 Å². The third-order valence-corrected chi connectivity index (χ3v) is 8.92. The average Bonchev–Trinajstić information content (AvgIpc) is 3.30. The molecular weight excluding hydrogens is 534 g/mol. The molecule has 0 saturated heterocycles. The van der Waals surface area contributed by atoms with Crippen molar-refractivity contribution in [3.63, 3.8) is 0 Å². The summed E-state index contributed by atoms with van der Waals surface area (Å²) in [5, 5.41) is 11.8. The maximum absolute atomic E-state index is 12.2. The quantitative estimate of drug-likeness (QED) is 0.206. The number of nitriles is 1. The number of methoxy groups -OCH3 is 2. The second kappa shape index (κ2) is 9.61. The first-order valence-corrected chi connectivity index (χ1v) is 14.2. The lowest BCUT2D eigenvalue weighted by Gasteiger charge is -2.38. The lowest BCUT2D eigenvalue weighted by molar-refractivity contribution is 0.0600. The highest BCUT2D eigenvalue weighted by Crippen LogP contribution is 2.58. The first-order chi connectivity index (χ1) is 20.8. The van der Waals surface area contributed by atoms with Gasteiger partial charge in [-0.05, 0) is 70.1 Å². The number of fused-ring (bicyclic) bond motifs is 8. The maximum atomic E-state index is 12.2. The predicted octanol–water partition coefficient (Wildman–Crippen LogP) is 8.16. The zero-order valence-electron chi connectivity index (χ0n) is 24.4. The van der Waals surface area contributed by atoms with Gasteiger partial charge in [0, 0.05) is 27.5 Å². The fraction of sp³-hybridized carbons (Fsp3) is 0.158. The molecule has 0 bridgehead atoms. The highest BCUT2D eigenvalue weighted by molar-refractivity contribution is 6.08. The molecule has 7 rings (SSSR count). The fourth-order valence-corrected chi connectivity index (χ4v) is 6.79. The van der Waals surface area contributed by atoms with Crippen molar-refractivity contribution in [2.24, 2.45) is 0 Å². The Morgan fingerprint density at radius 2 is 1.53 bits per heavy atom. The topological polar surface area (TPSA) is 68.6 Å². The van der Waals surface area contributed by atoms with Crippen LogP contribution >= 0.6 is 0 Å². The van der Waals surface area contributed by atoms with E-state index in [0.29, 0.717) is 11.1 Å². The molecule has 1 aliphatic heterocycles. The summed E-state index contributed by atoms with van der Waals surface area (Å²) in [7, 11) is 3.03. The summed E-state index contributed by atoms with van der Waals surface area (Å²) in [6, 6.07) is 32.0. The Bertz CT molecular complexity index is 2010. The fourth-order valence-electron chi connectivity index (χ4n) is 6.79. The zero-order chi connectivity index (χ0) is 29.9. The van der Waals surface area contributed by atoms with Gasteiger partial charge >= 0.3 is 5.97 Å². The summed E-state index contributed by atoms with van der Waals surface area (Å²) in [5.41, 5.74) is 7.27. The van der Waals surface area contributed by atoms with E-state index in [9.17, 15) is 10.1 Å². The van der Waals surface area contributed by atoms with E-state index in [1.54, 1.807) is 19.2 Å². The second-order valence-corrected chi connectivity index (χ2v) is 11.5. The first-order valence-electron chi connectivity index (χ1n) is 14.2. The molecule has 0 radical (unpaired) electrons. The molecule has 1 atom stereocenters. The third kappa shape index (κ3) is 3.80. The van der Waals surface area contributed by atoms with Crippen LogP contribution < -0.4 is 9.47 Å². The number of carbonyl (C=O) groups is 1. The minimum Gasteiger partial charge on any atom is -0.497 e. The van der Waals surface area contributed by atoms with Gasteiger partial charge in [0.1, 0.15) is 11.5 Å². The number of benzene rings is 5. The van der Waals surface area contributed by atoms with Crippen LogP contribution in [0.4, 0.5) is 0 Å². The number of ether oxygens (including phenoxy) is 3. The smallest absolute Gasteiger partial charge is 0.337 e. The van der Waals surface area contributed by atoms with Crippen LogP contribution in [0.1, 0.15) is 57.6 Å². The molecule has 0 N–H and O–H groups in total. The van der Waals surface area contributed by atoms with E-state index in [1.807, 2.05) is 54.6 Å². The van der Waals surface area contributed by atoms with E-state index in [0.717, 1.165) is 50.1 Å². The van der Waals surface area contributed by atoms with Gasteiger partial charge in [-0.3, -0.25) is 0 Å². The Balaban J connectivity index is 1.50. The van der Waals surface area contributed by atoms with Crippen LogP contribution in [0, 0.1) is 11.3 Å². The van der Waals surface area contributed by atoms with Gasteiger partial charge in [0.2, 0.25) is 0 Å². The lowest BCUT2D eigenvalue weighted by Crippen LogP contribution is -2.35. The molecular formula is C38H29NO4. The normalized spacial score (nSPS) is 17.3. The minimum absolute atomic E-state index is 0.360. The van der Waals surface area contributed by atoms with Gasteiger partial charge in [0.15, 0.2) is 5.60 Å². The average molecular weight is 564 g/mol. The number of carbonyl (C=O) groups excluding carboxylic acids is 1. The maximum Gasteiger partial charge on any atom is 0.337 e. The highest BCUT2D eigenvalue weighted by Gasteiger charge is 2.44. The van der Waals surface area contributed by atoms with Crippen LogP contribution in [-0.2, 0) is 15.8 Å². The van der Waals surface area contributed by atoms with Crippen LogP contribution in [0.25, 0.3) is 28.0 Å². The van der Waals surface area contributed by atoms with E-state index in [1.165, 1.54) is 18.2 Å². The molecule has 1 aliphatic carbocycles. The van der Waals surface area contributed by atoms with Gasteiger partial charge in [-0.25, -0.2) is 4.79 Å². The van der Waals surface area contributed by atoms with E-state index in [4.69, 9.17) is 14.2 Å². The molecule has 5 aromatic carbocycles. The Hall–Kier alpha value is -5.34. The summed E-state index contributed by atoms with van der Waals surface area (Å²) in [6.07, 6.45) is 4.29. The van der Waals surface area contributed by atoms with Crippen molar-refractivity contribution < 1.29 is 19.0 Å². The molecule has 0 saturated carbocycles. The first kappa shape index (κ1) is 26.6. The molecule has 210 valence electrons. The van der Waals surface area contributed by atoms with Crippen LogP contribution in [0.2, 0.25) is 0 Å². The zero-order valence-corrected chi connectivity index (χ0v) is 24.4. The molecule has 0 fully saturated rings. The molecule has 0 spiro atoms. The lowest BCUT2D eigenvalue weighted by atomic mass is 9.76. The Labute approximate surface area is 250 Å². The number of hydrogen-bond donors (Lipinski definition) is 0. The largest absolute Gasteiger partial charge is 0.497 e. The van der Waals surface area contributed by atoms with Gasteiger partial charge in [0.05, 0.1) is 31.4 Å². The van der Waals surface area contributed by atoms with E-state index in [-0.39, 0.29) is 5.41 Å². The summed E-state index contributed by atoms with van der Waals surface area (Å²) in [5.74, 6) is 1.16. The second-order valence-electron chi connectivity index (χ2n) is 11.5. The van der Waals surface area contributed by atoms with Crippen molar-refractivity contribution in [2.75, 3.05) is 14.2 Å². The molecule has 2 aliphatic rings. The van der Waals surface area contributed by atoms with E-state index >= 15 is 0 Å². The summed E-state index contributed by atoms with van der Waals surface area (Å²) < 4.78 is 17.7. The van der Waals surface area contributed by atoms with Crippen molar-refractivity contribution in [1.82, 2.24) is 0 Å². The van der Waals surface area contributed by atoms with Crippen LogP contribution in [0.3, 0.4) is 0 Å². The molecule has 1 heterocycles. The number of rotatable bonds is 4. The molecule has 5 heteroatoms. The molecule has 0 aromatic heterocycles. The van der Waals surface area contributed by atoms with Crippen LogP contribution in [0.15, 0.2) is 97.1 Å². The van der Waals surface area contributed by atoms with E-state index in [2.05, 4.69) is 56.3 Å². The van der Waals surface area contributed by atoms with Gasteiger partial charge in [0.25, 0.3) is 0 Å². The monoisotopic (exact) mass is 563 g/mol. The van der Waals surface area contributed by atoms with Crippen molar-refractivity contribution in [2.45, 2.75) is 24.9 Å². The molecule has 5 aromatic rings. The van der Waals surface area contributed by atoms with Crippen LogP contribution in [0.5, 0.6) is 11.5 Å². The minimum atomic E-state index is -0.978. The standard InChI is InChI=1S/C38H29NO4/c1-37(2)32-21-23(22-39)9-18-30(32)33-28-7-5-6-8-29(28)35-31(34(33)37)19-20-38(43-35,26-14-16-27(41-3)17-15-26)25-12-10-24(11-13-25)36(40)42-4/h5-21H,1-4H3. The van der Waals surface area contributed by atoms with Gasteiger partial charge < -0.3 is 14.2 Å². The van der Waals surface area contributed by atoms with E-state index < -0.39 is 11.6 Å². The van der Waals surface area contributed by atoms with Crippen molar-refractivity contribution in [3.8, 4) is 28.7 Å². The number of hydrogen-bond acceptors (Lipinski definition) is 5. The van der Waals surface area contributed by atoms with Gasteiger partial charge in [-0.15, -0.1) is 0 Å². The third-order valence-electron chi connectivity index (χ3n) is 8.92. The molecule has 5 nitrogen and oxygen atoms in total. The van der Waals surface area contributed by atoms with Gasteiger partial charge in [-0.2, -0.15) is 5.26 Å². The number of esters is 1.